The van der Waals surface area contributed by atoms with Gasteiger partial charge in [0, 0.05) is 19.3 Å². The maximum absolute atomic E-state index is 12.8. The first-order valence-corrected chi connectivity index (χ1v) is 27.4. The normalized spacial score (nSPS) is 12.4. The summed E-state index contributed by atoms with van der Waals surface area (Å²) in [5.74, 6) is 0.0266. The Balaban J connectivity index is 4.22. The fraction of sp³-hybridized carbons (Fsp3) is 0.945. The second kappa shape index (κ2) is 49.4. The van der Waals surface area contributed by atoms with Gasteiger partial charge in [0.15, 0.2) is 6.10 Å². The van der Waals surface area contributed by atoms with E-state index in [1.54, 1.807) is 0 Å². The highest BCUT2D eigenvalue weighted by Gasteiger charge is 2.19. The number of rotatable bonds is 50. The van der Waals surface area contributed by atoms with Crippen molar-refractivity contribution in [3.63, 3.8) is 0 Å². The van der Waals surface area contributed by atoms with Gasteiger partial charge in [-0.1, -0.05) is 272 Å². The molecule has 1 unspecified atom stereocenters. The summed E-state index contributed by atoms with van der Waals surface area (Å²) < 4.78 is 16.8. The Labute approximate surface area is 380 Å². The van der Waals surface area contributed by atoms with Crippen LogP contribution in [0.5, 0.6) is 0 Å². The molecule has 0 aromatic rings. The van der Waals surface area contributed by atoms with Gasteiger partial charge in [-0.3, -0.25) is 14.4 Å². The van der Waals surface area contributed by atoms with Crippen LogP contribution < -0.4 is 0 Å². The van der Waals surface area contributed by atoms with Gasteiger partial charge in [0.05, 0.1) is 0 Å². The van der Waals surface area contributed by atoms with Crippen LogP contribution in [0.4, 0.5) is 0 Å². The van der Waals surface area contributed by atoms with Crippen molar-refractivity contribution in [3.8, 4) is 0 Å². The van der Waals surface area contributed by atoms with Crippen LogP contribution in [0.15, 0.2) is 0 Å². The summed E-state index contributed by atoms with van der Waals surface area (Å²) in [7, 11) is 0. The van der Waals surface area contributed by atoms with E-state index in [2.05, 4.69) is 27.7 Å². The SMILES string of the molecule is CCCCCCCCCCCCCCCCCCCCCC(=O)OC[C@@H](COC(=O)CCCCCCCCCCCCC(C)CC)OC(=O)CCCCCCCCCCCC. The summed E-state index contributed by atoms with van der Waals surface area (Å²) in [5, 5.41) is 0. The van der Waals surface area contributed by atoms with Crippen LogP contribution in [0.2, 0.25) is 0 Å². The standard InChI is InChI=1S/C55H106O6/c1-5-8-10-12-14-16-18-19-20-21-22-23-24-25-26-31-34-38-42-46-53(56)59-49-52(61-55(58)48-44-40-36-30-17-15-13-11-9-6-2)50-60-54(57)47-43-39-35-32-28-27-29-33-37-41-45-51(4)7-3/h51-52H,5-50H2,1-4H3/t51?,52-/m0/s1. The Bertz CT molecular complexity index is 920. The Morgan fingerprint density at radius 1 is 0.328 bits per heavy atom. The first-order chi connectivity index (χ1) is 29.9. The minimum atomic E-state index is -0.760. The molecule has 0 aliphatic carbocycles. The van der Waals surface area contributed by atoms with E-state index in [4.69, 9.17) is 14.2 Å². The molecular formula is C55H106O6. The van der Waals surface area contributed by atoms with Gasteiger partial charge in [-0.15, -0.1) is 0 Å². The second-order valence-corrected chi connectivity index (χ2v) is 19.1. The summed E-state index contributed by atoms with van der Waals surface area (Å²) in [4.78, 5) is 38.0. The largest absolute Gasteiger partial charge is 0.462 e. The van der Waals surface area contributed by atoms with Gasteiger partial charge < -0.3 is 14.2 Å². The van der Waals surface area contributed by atoms with Crippen LogP contribution in [-0.4, -0.2) is 37.2 Å². The molecule has 0 rings (SSSR count). The van der Waals surface area contributed by atoms with E-state index in [1.165, 1.54) is 205 Å². The Morgan fingerprint density at radius 2 is 0.574 bits per heavy atom. The third-order valence-corrected chi connectivity index (χ3v) is 12.9. The lowest BCUT2D eigenvalue weighted by molar-refractivity contribution is -0.167. The Kier molecular flexibility index (Phi) is 48.1. The number of hydrogen-bond donors (Lipinski definition) is 0. The molecule has 61 heavy (non-hydrogen) atoms. The molecule has 2 atom stereocenters. The summed E-state index contributed by atoms with van der Waals surface area (Å²) >= 11 is 0. The Hall–Kier alpha value is -1.59. The van der Waals surface area contributed by atoms with Gasteiger partial charge in [0.2, 0.25) is 0 Å². The van der Waals surface area contributed by atoms with Gasteiger partial charge in [-0.05, 0) is 25.2 Å². The quantitative estimate of drug-likeness (QED) is 0.0344. The lowest BCUT2D eigenvalue weighted by Crippen LogP contribution is -2.30. The van der Waals surface area contributed by atoms with Crippen molar-refractivity contribution in [3.05, 3.63) is 0 Å². The van der Waals surface area contributed by atoms with Gasteiger partial charge in [0.25, 0.3) is 0 Å². The maximum Gasteiger partial charge on any atom is 0.306 e. The van der Waals surface area contributed by atoms with Crippen LogP contribution >= 0.6 is 0 Å². The van der Waals surface area contributed by atoms with Crippen molar-refractivity contribution in [1.82, 2.24) is 0 Å². The molecule has 0 heterocycles. The molecule has 0 aromatic carbocycles. The van der Waals surface area contributed by atoms with Crippen LogP contribution in [0.25, 0.3) is 0 Å². The molecular weight excluding hydrogens is 757 g/mol. The molecule has 0 saturated heterocycles. The average molecular weight is 863 g/mol. The number of carbonyl (C=O) groups excluding carboxylic acids is 3. The summed E-state index contributed by atoms with van der Waals surface area (Å²) in [6, 6.07) is 0. The fourth-order valence-corrected chi connectivity index (χ4v) is 8.36. The lowest BCUT2D eigenvalue weighted by atomic mass is 9.99. The zero-order chi connectivity index (χ0) is 44.5. The Morgan fingerprint density at radius 3 is 0.852 bits per heavy atom. The second-order valence-electron chi connectivity index (χ2n) is 19.1. The predicted molar refractivity (Wildman–Crippen MR) is 261 cm³/mol. The molecule has 6 nitrogen and oxygen atoms in total. The molecule has 0 aromatic heterocycles. The molecule has 0 saturated carbocycles. The molecule has 0 amide bonds. The molecule has 0 radical (unpaired) electrons. The first-order valence-electron chi connectivity index (χ1n) is 27.4. The molecule has 362 valence electrons. The monoisotopic (exact) mass is 863 g/mol. The minimum Gasteiger partial charge on any atom is -0.462 e. The van der Waals surface area contributed by atoms with E-state index in [0.29, 0.717) is 19.3 Å². The third kappa shape index (κ3) is 47.7. The van der Waals surface area contributed by atoms with E-state index >= 15 is 0 Å². The van der Waals surface area contributed by atoms with Gasteiger partial charge in [0.1, 0.15) is 13.2 Å². The zero-order valence-corrected chi connectivity index (χ0v) is 41.6. The summed E-state index contributed by atoms with van der Waals surface area (Å²) in [6.07, 6.45) is 52.3. The van der Waals surface area contributed by atoms with E-state index in [-0.39, 0.29) is 31.1 Å². The van der Waals surface area contributed by atoms with Crippen LogP contribution in [0.1, 0.15) is 310 Å². The molecule has 0 aliphatic rings. The molecule has 0 fully saturated rings. The van der Waals surface area contributed by atoms with Gasteiger partial charge >= 0.3 is 17.9 Å². The van der Waals surface area contributed by atoms with Crippen molar-refractivity contribution in [1.29, 1.82) is 0 Å². The van der Waals surface area contributed by atoms with Crippen molar-refractivity contribution < 1.29 is 28.6 Å². The van der Waals surface area contributed by atoms with E-state index in [0.717, 1.165) is 63.7 Å². The highest BCUT2D eigenvalue weighted by Crippen LogP contribution is 2.18. The van der Waals surface area contributed by atoms with E-state index in [9.17, 15) is 14.4 Å². The van der Waals surface area contributed by atoms with Crippen molar-refractivity contribution in [2.45, 2.75) is 316 Å². The van der Waals surface area contributed by atoms with Crippen molar-refractivity contribution >= 4 is 17.9 Å². The zero-order valence-electron chi connectivity index (χ0n) is 41.6. The number of unbranched alkanes of at least 4 members (excludes halogenated alkanes) is 36. The number of ether oxygens (including phenoxy) is 3. The maximum atomic E-state index is 12.8. The van der Waals surface area contributed by atoms with Gasteiger partial charge in [-0.2, -0.15) is 0 Å². The molecule has 0 bridgehead atoms. The summed E-state index contributed by atoms with van der Waals surface area (Å²) in [5.41, 5.74) is 0. The van der Waals surface area contributed by atoms with Crippen LogP contribution in [0.3, 0.4) is 0 Å². The van der Waals surface area contributed by atoms with Crippen molar-refractivity contribution in [2.24, 2.45) is 5.92 Å². The molecule has 0 spiro atoms. The smallest absolute Gasteiger partial charge is 0.306 e. The molecule has 6 heteroatoms. The molecule has 0 N–H and O–H groups in total. The highest BCUT2D eigenvalue weighted by atomic mass is 16.6. The van der Waals surface area contributed by atoms with Gasteiger partial charge in [-0.25, -0.2) is 0 Å². The number of esters is 3. The fourth-order valence-electron chi connectivity index (χ4n) is 8.36. The highest BCUT2D eigenvalue weighted by molar-refractivity contribution is 5.71. The third-order valence-electron chi connectivity index (χ3n) is 12.9. The number of carbonyl (C=O) groups is 3. The minimum absolute atomic E-state index is 0.0626. The van der Waals surface area contributed by atoms with Crippen molar-refractivity contribution in [2.75, 3.05) is 13.2 Å². The number of hydrogen-bond acceptors (Lipinski definition) is 6. The van der Waals surface area contributed by atoms with Crippen LogP contribution in [-0.2, 0) is 28.6 Å². The lowest BCUT2D eigenvalue weighted by Gasteiger charge is -2.18. The van der Waals surface area contributed by atoms with E-state index in [1.807, 2.05) is 0 Å². The van der Waals surface area contributed by atoms with Crippen LogP contribution in [0, 0.1) is 5.92 Å². The average Bonchev–Trinajstić information content (AvgIpc) is 3.26. The predicted octanol–water partition coefficient (Wildman–Crippen LogP) is 17.8. The first kappa shape index (κ1) is 59.4. The summed E-state index contributed by atoms with van der Waals surface area (Å²) in [6.45, 7) is 9.05. The molecule has 0 aliphatic heterocycles. The van der Waals surface area contributed by atoms with E-state index < -0.39 is 6.10 Å². The topological polar surface area (TPSA) is 78.9 Å².